The number of halogens is 1. The van der Waals surface area contributed by atoms with Crippen molar-refractivity contribution in [3.05, 3.63) is 54.3 Å². The molecule has 1 aliphatic rings. The first kappa shape index (κ1) is 18.8. The van der Waals surface area contributed by atoms with Gasteiger partial charge in [0.15, 0.2) is 11.5 Å². The Bertz CT molecular complexity index is 764. The van der Waals surface area contributed by atoms with E-state index < -0.39 is 0 Å². The van der Waals surface area contributed by atoms with E-state index in [1.165, 1.54) is 6.07 Å². The molecule has 0 bridgehead atoms. The van der Waals surface area contributed by atoms with Gasteiger partial charge in [-0.05, 0) is 24.3 Å². The van der Waals surface area contributed by atoms with E-state index in [1.807, 2.05) is 35.2 Å². The average molecular weight is 373 g/mol. The van der Waals surface area contributed by atoms with Crippen molar-refractivity contribution in [2.75, 3.05) is 51.3 Å². The number of urea groups is 1. The zero-order valence-electron chi connectivity index (χ0n) is 15.4. The molecule has 0 saturated carbocycles. The highest BCUT2D eigenvalue weighted by atomic mass is 19.1. The lowest BCUT2D eigenvalue weighted by atomic mass is 10.2. The van der Waals surface area contributed by atoms with Gasteiger partial charge in [0.1, 0.15) is 12.4 Å². The molecule has 1 heterocycles. The molecule has 3 rings (SSSR count). The van der Waals surface area contributed by atoms with Crippen molar-refractivity contribution in [3.63, 3.8) is 0 Å². The molecule has 1 N–H and O–H groups in total. The molecule has 0 atom stereocenters. The number of anilines is 1. The average Bonchev–Trinajstić information content (AvgIpc) is 2.72. The molecule has 6 nitrogen and oxygen atoms in total. The second-order valence-corrected chi connectivity index (χ2v) is 6.16. The SMILES string of the molecule is COc1ccccc1OCCNC(=O)N1CCN(c2ccccc2F)CC1. The number of methoxy groups -OCH3 is 1. The van der Waals surface area contributed by atoms with Gasteiger partial charge in [-0.3, -0.25) is 0 Å². The summed E-state index contributed by atoms with van der Waals surface area (Å²) in [6, 6.07) is 14.0. The summed E-state index contributed by atoms with van der Waals surface area (Å²) in [7, 11) is 1.59. The molecule has 2 amide bonds. The van der Waals surface area contributed by atoms with Gasteiger partial charge in [-0.15, -0.1) is 0 Å². The number of ether oxygens (including phenoxy) is 2. The molecule has 0 aliphatic carbocycles. The smallest absolute Gasteiger partial charge is 0.317 e. The van der Waals surface area contributed by atoms with Gasteiger partial charge in [0.05, 0.1) is 19.3 Å². The summed E-state index contributed by atoms with van der Waals surface area (Å²) in [5.41, 5.74) is 0.586. The zero-order valence-corrected chi connectivity index (χ0v) is 15.4. The first-order valence-electron chi connectivity index (χ1n) is 8.97. The molecule has 1 aliphatic heterocycles. The predicted octanol–water partition coefficient (Wildman–Crippen LogP) is 2.74. The molecule has 1 fully saturated rings. The van der Waals surface area contributed by atoms with E-state index in [1.54, 1.807) is 24.1 Å². The van der Waals surface area contributed by atoms with Crippen molar-refractivity contribution in [1.82, 2.24) is 10.2 Å². The van der Waals surface area contributed by atoms with Crippen LogP contribution in [0.5, 0.6) is 11.5 Å². The molecule has 2 aromatic carbocycles. The molecule has 7 heteroatoms. The lowest BCUT2D eigenvalue weighted by Gasteiger charge is -2.36. The van der Waals surface area contributed by atoms with Crippen LogP contribution in [0.3, 0.4) is 0 Å². The fourth-order valence-corrected chi connectivity index (χ4v) is 3.03. The fraction of sp³-hybridized carbons (Fsp3) is 0.350. The van der Waals surface area contributed by atoms with Gasteiger partial charge in [-0.2, -0.15) is 0 Å². The molecule has 0 spiro atoms. The van der Waals surface area contributed by atoms with Gasteiger partial charge in [0, 0.05) is 26.2 Å². The third-order valence-corrected chi connectivity index (χ3v) is 4.46. The monoisotopic (exact) mass is 373 g/mol. The van der Waals surface area contributed by atoms with Crippen LogP contribution in [-0.2, 0) is 0 Å². The van der Waals surface area contributed by atoms with Crippen LogP contribution in [0.1, 0.15) is 0 Å². The number of rotatable bonds is 6. The molecule has 0 unspecified atom stereocenters. The predicted molar refractivity (Wildman–Crippen MR) is 102 cm³/mol. The number of carbonyl (C=O) groups is 1. The number of benzene rings is 2. The van der Waals surface area contributed by atoms with Gasteiger partial charge >= 0.3 is 6.03 Å². The quantitative estimate of drug-likeness (QED) is 0.791. The van der Waals surface area contributed by atoms with Gasteiger partial charge in [0.2, 0.25) is 0 Å². The minimum Gasteiger partial charge on any atom is -0.493 e. The van der Waals surface area contributed by atoms with Gasteiger partial charge in [0.25, 0.3) is 0 Å². The van der Waals surface area contributed by atoms with Crippen LogP contribution in [-0.4, -0.2) is 57.4 Å². The standard InChI is InChI=1S/C20H24FN3O3/c1-26-18-8-4-5-9-19(18)27-15-10-22-20(25)24-13-11-23(12-14-24)17-7-3-2-6-16(17)21/h2-9H,10-15H2,1H3,(H,22,25). The van der Waals surface area contributed by atoms with E-state index >= 15 is 0 Å². The third kappa shape index (κ3) is 4.81. The van der Waals surface area contributed by atoms with Crippen LogP contribution in [0.25, 0.3) is 0 Å². The maximum Gasteiger partial charge on any atom is 0.317 e. The van der Waals surface area contributed by atoms with Crippen molar-refractivity contribution in [3.8, 4) is 11.5 Å². The molecule has 1 saturated heterocycles. The Balaban J connectivity index is 1.40. The zero-order chi connectivity index (χ0) is 19.1. The number of hydrogen-bond donors (Lipinski definition) is 1. The molecular formula is C20H24FN3O3. The second kappa shape index (κ2) is 9.12. The summed E-state index contributed by atoms with van der Waals surface area (Å²) < 4.78 is 24.7. The van der Waals surface area contributed by atoms with Crippen molar-refractivity contribution in [2.24, 2.45) is 0 Å². The number of piperazine rings is 1. The minimum atomic E-state index is -0.233. The molecular weight excluding hydrogens is 349 g/mol. The highest BCUT2D eigenvalue weighted by Crippen LogP contribution is 2.25. The summed E-state index contributed by atoms with van der Waals surface area (Å²) in [5.74, 6) is 1.07. The molecule has 144 valence electrons. The van der Waals surface area contributed by atoms with Crippen LogP contribution in [0.2, 0.25) is 0 Å². The lowest BCUT2D eigenvalue weighted by Crippen LogP contribution is -2.52. The summed E-state index contributed by atoms with van der Waals surface area (Å²) in [6.07, 6.45) is 0. The Hall–Kier alpha value is -2.96. The van der Waals surface area contributed by atoms with E-state index in [-0.39, 0.29) is 11.8 Å². The van der Waals surface area contributed by atoms with E-state index in [9.17, 15) is 9.18 Å². The van der Waals surface area contributed by atoms with E-state index in [0.29, 0.717) is 56.5 Å². The number of amides is 2. The van der Waals surface area contributed by atoms with Crippen molar-refractivity contribution in [1.29, 1.82) is 0 Å². The minimum absolute atomic E-state index is 0.133. The summed E-state index contributed by atoms with van der Waals surface area (Å²) in [4.78, 5) is 16.0. The maximum absolute atomic E-state index is 13.9. The van der Waals surface area contributed by atoms with Crippen LogP contribution < -0.4 is 19.7 Å². The molecule has 2 aromatic rings. The van der Waals surface area contributed by atoms with Crippen LogP contribution in [0, 0.1) is 5.82 Å². The van der Waals surface area contributed by atoms with E-state index in [4.69, 9.17) is 9.47 Å². The second-order valence-electron chi connectivity index (χ2n) is 6.16. The van der Waals surface area contributed by atoms with Crippen molar-refractivity contribution < 1.29 is 18.7 Å². The van der Waals surface area contributed by atoms with Crippen LogP contribution in [0.4, 0.5) is 14.9 Å². The largest absolute Gasteiger partial charge is 0.493 e. The Morgan fingerprint density at radius 2 is 1.70 bits per heavy atom. The Kier molecular flexibility index (Phi) is 6.35. The first-order valence-corrected chi connectivity index (χ1v) is 8.97. The number of nitrogens with zero attached hydrogens (tertiary/aromatic N) is 2. The van der Waals surface area contributed by atoms with Crippen molar-refractivity contribution >= 4 is 11.7 Å². The Morgan fingerprint density at radius 3 is 2.41 bits per heavy atom. The maximum atomic E-state index is 13.9. The van der Waals surface area contributed by atoms with E-state index in [0.717, 1.165) is 0 Å². The fourth-order valence-electron chi connectivity index (χ4n) is 3.03. The summed E-state index contributed by atoms with van der Waals surface area (Å²) in [6.45, 7) is 3.05. The highest BCUT2D eigenvalue weighted by Gasteiger charge is 2.22. The van der Waals surface area contributed by atoms with Crippen LogP contribution in [0.15, 0.2) is 48.5 Å². The van der Waals surface area contributed by atoms with Crippen molar-refractivity contribution in [2.45, 2.75) is 0 Å². The Morgan fingerprint density at radius 1 is 1.04 bits per heavy atom. The summed E-state index contributed by atoms with van der Waals surface area (Å²) in [5, 5.41) is 2.85. The Labute approximate surface area is 158 Å². The third-order valence-electron chi connectivity index (χ3n) is 4.46. The van der Waals surface area contributed by atoms with Gasteiger partial charge < -0.3 is 24.6 Å². The number of para-hydroxylation sites is 3. The highest BCUT2D eigenvalue weighted by molar-refractivity contribution is 5.74. The molecule has 0 aromatic heterocycles. The normalized spacial score (nSPS) is 14.0. The van der Waals surface area contributed by atoms with Crippen LogP contribution >= 0.6 is 0 Å². The molecule has 0 radical (unpaired) electrons. The number of hydrogen-bond acceptors (Lipinski definition) is 4. The number of nitrogens with one attached hydrogen (secondary N) is 1. The lowest BCUT2D eigenvalue weighted by molar-refractivity contribution is 0.191. The number of carbonyl (C=O) groups excluding carboxylic acids is 1. The van der Waals surface area contributed by atoms with Gasteiger partial charge in [-0.25, -0.2) is 9.18 Å². The topological polar surface area (TPSA) is 54.0 Å². The first-order chi connectivity index (χ1) is 13.2. The van der Waals surface area contributed by atoms with E-state index in [2.05, 4.69) is 5.32 Å². The van der Waals surface area contributed by atoms with Gasteiger partial charge in [-0.1, -0.05) is 24.3 Å². The summed E-state index contributed by atoms with van der Waals surface area (Å²) >= 11 is 0. The molecule has 27 heavy (non-hydrogen) atoms.